The van der Waals surface area contributed by atoms with Gasteiger partial charge < -0.3 is 10.6 Å². The van der Waals surface area contributed by atoms with E-state index in [1.54, 1.807) is 34.0 Å². The SMILES string of the molecule is O=C(CNC(=O)c1cn(-c2ccccc2)nc1-c1cccs1)Nc1ccc(-n2cncn2)cc1. The van der Waals surface area contributed by atoms with Crippen LogP contribution in [-0.2, 0) is 4.79 Å². The minimum Gasteiger partial charge on any atom is -0.343 e. The second kappa shape index (κ2) is 9.51. The number of rotatable bonds is 7. The number of thiophene rings is 1. The standard InChI is InChI=1S/C24H19N7O2S/c32-22(28-17-8-10-19(11-9-17)31-16-25-15-27-31)13-26-24(33)20-14-30(18-5-2-1-3-6-18)29-23(20)21-7-4-12-34-21/h1-12,14-16H,13H2,(H,26,33)(H,28,32). The zero-order chi connectivity index (χ0) is 23.3. The third-order valence-electron chi connectivity index (χ3n) is 4.98. The van der Waals surface area contributed by atoms with Gasteiger partial charge in [-0.3, -0.25) is 9.59 Å². The van der Waals surface area contributed by atoms with Crippen LogP contribution >= 0.6 is 11.3 Å². The molecule has 9 nitrogen and oxygen atoms in total. The molecule has 0 bridgehead atoms. The Morgan fingerprint density at radius 1 is 0.912 bits per heavy atom. The van der Waals surface area contributed by atoms with E-state index in [1.165, 1.54) is 17.7 Å². The maximum absolute atomic E-state index is 13.0. The highest BCUT2D eigenvalue weighted by molar-refractivity contribution is 7.13. The number of benzene rings is 2. The average molecular weight is 470 g/mol. The third-order valence-corrected chi connectivity index (χ3v) is 5.85. The predicted molar refractivity (Wildman–Crippen MR) is 129 cm³/mol. The summed E-state index contributed by atoms with van der Waals surface area (Å²) in [4.78, 5) is 30.2. The number of para-hydroxylation sites is 1. The molecule has 0 fully saturated rings. The highest BCUT2D eigenvalue weighted by atomic mass is 32.1. The third kappa shape index (κ3) is 4.62. The molecular weight excluding hydrogens is 450 g/mol. The summed E-state index contributed by atoms with van der Waals surface area (Å²) in [6.07, 6.45) is 4.72. The fraction of sp³-hybridized carbons (Fsp3) is 0.0417. The molecule has 3 aromatic heterocycles. The van der Waals surface area contributed by atoms with Gasteiger partial charge in [-0.1, -0.05) is 24.3 Å². The predicted octanol–water partition coefficient (Wildman–Crippen LogP) is 3.55. The Bertz CT molecular complexity index is 1390. The molecule has 0 atom stereocenters. The van der Waals surface area contributed by atoms with E-state index in [2.05, 4.69) is 25.8 Å². The maximum Gasteiger partial charge on any atom is 0.255 e. The van der Waals surface area contributed by atoms with Gasteiger partial charge in [-0.05, 0) is 47.8 Å². The second-order valence-electron chi connectivity index (χ2n) is 7.27. The normalized spacial score (nSPS) is 10.7. The van der Waals surface area contributed by atoms with Gasteiger partial charge in [0.25, 0.3) is 5.91 Å². The summed E-state index contributed by atoms with van der Waals surface area (Å²) in [5.74, 6) is -0.711. The molecule has 0 aliphatic heterocycles. The fourth-order valence-corrected chi connectivity index (χ4v) is 4.07. The lowest BCUT2D eigenvalue weighted by Crippen LogP contribution is -2.32. The molecule has 2 aromatic carbocycles. The van der Waals surface area contributed by atoms with E-state index >= 15 is 0 Å². The summed E-state index contributed by atoms with van der Waals surface area (Å²) in [5, 5.41) is 16.1. The molecule has 0 aliphatic carbocycles. The van der Waals surface area contributed by atoms with Crippen molar-refractivity contribution in [2.24, 2.45) is 0 Å². The van der Waals surface area contributed by atoms with E-state index in [4.69, 9.17) is 0 Å². The summed E-state index contributed by atoms with van der Waals surface area (Å²) in [7, 11) is 0. The van der Waals surface area contributed by atoms with Gasteiger partial charge in [0.05, 0.1) is 28.4 Å². The second-order valence-corrected chi connectivity index (χ2v) is 8.21. The number of amides is 2. The Kier molecular flexibility index (Phi) is 5.95. The lowest BCUT2D eigenvalue weighted by Gasteiger charge is -2.08. The van der Waals surface area contributed by atoms with Crippen molar-refractivity contribution in [1.29, 1.82) is 0 Å². The zero-order valence-corrected chi connectivity index (χ0v) is 18.6. The Morgan fingerprint density at radius 2 is 1.71 bits per heavy atom. The van der Waals surface area contributed by atoms with Crippen molar-refractivity contribution in [3.63, 3.8) is 0 Å². The molecule has 0 spiro atoms. The molecule has 34 heavy (non-hydrogen) atoms. The monoisotopic (exact) mass is 469 g/mol. The van der Waals surface area contributed by atoms with Gasteiger partial charge in [0.1, 0.15) is 18.3 Å². The largest absolute Gasteiger partial charge is 0.343 e. The number of aromatic nitrogens is 5. The van der Waals surface area contributed by atoms with Crippen molar-refractivity contribution in [3.8, 4) is 21.9 Å². The topological polar surface area (TPSA) is 107 Å². The number of nitrogens with zero attached hydrogens (tertiary/aromatic N) is 5. The van der Waals surface area contributed by atoms with Gasteiger partial charge in [-0.15, -0.1) is 11.3 Å². The van der Waals surface area contributed by atoms with E-state index < -0.39 is 0 Å². The summed E-state index contributed by atoms with van der Waals surface area (Å²) in [6.45, 7) is -0.177. The van der Waals surface area contributed by atoms with Gasteiger partial charge in [0.2, 0.25) is 5.91 Å². The Morgan fingerprint density at radius 3 is 2.41 bits per heavy atom. The first kappa shape index (κ1) is 21.3. The van der Waals surface area contributed by atoms with Crippen LogP contribution in [-0.4, -0.2) is 42.9 Å². The van der Waals surface area contributed by atoms with Gasteiger partial charge in [0, 0.05) is 11.9 Å². The molecule has 10 heteroatoms. The van der Waals surface area contributed by atoms with Gasteiger partial charge >= 0.3 is 0 Å². The number of nitrogens with one attached hydrogen (secondary N) is 2. The zero-order valence-electron chi connectivity index (χ0n) is 17.8. The summed E-state index contributed by atoms with van der Waals surface area (Å²) in [5.41, 5.74) is 3.24. The number of carbonyl (C=O) groups excluding carboxylic acids is 2. The molecule has 3 heterocycles. The van der Waals surface area contributed by atoms with Crippen molar-refractivity contribution in [3.05, 3.63) is 96.5 Å². The molecule has 0 radical (unpaired) electrons. The molecule has 5 aromatic rings. The number of carbonyl (C=O) groups is 2. The highest BCUT2D eigenvalue weighted by Gasteiger charge is 2.20. The van der Waals surface area contributed by atoms with E-state index in [0.717, 1.165) is 16.3 Å². The molecule has 0 unspecified atom stereocenters. The molecular formula is C24H19N7O2S. The Hall–Kier alpha value is -4.57. The first-order valence-electron chi connectivity index (χ1n) is 10.4. The first-order valence-corrected chi connectivity index (χ1v) is 11.3. The van der Waals surface area contributed by atoms with Crippen LogP contribution in [0.15, 0.2) is 91.0 Å². The van der Waals surface area contributed by atoms with Gasteiger partial charge in [-0.25, -0.2) is 14.3 Å². The lowest BCUT2D eigenvalue weighted by atomic mass is 10.2. The number of hydrogen-bond acceptors (Lipinski definition) is 6. The summed E-state index contributed by atoms with van der Waals surface area (Å²) < 4.78 is 3.29. The Balaban J connectivity index is 1.27. The van der Waals surface area contributed by atoms with E-state index in [-0.39, 0.29) is 18.4 Å². The Labute approximate surface area is 198 Å². The van der Waals surface area contributed by atoms with Crippen LogP contribution < -0.4 is 10.6 Å². The van der Waals surface area contributed by atoms with Crippen LogP contribution in [0.25, 0.3) is 21.9 Å². The molecule has 2 amide bonds. The molecule has 5 rings (SSSR count). The highest BCUT2D eigenvalue weighted by Crippen LogP contribution is 2.27. The van der Waals surface area contributed by atoms with Crippen LogP contribution in [0.1, 0.15) is 10.4 Å². The van der Waals surface area contributed by atoms with E-state index in [1.807, 2.05) is 60.0 Å². The quantitative estimate of drug-likeness (QED) is 0.379. The molecule has 0 saturated carbocycles. The van der Waals surface area contributed by atoms with Crippen molar-refractivity contribution >= 4 is 28.8 Å². The van der Waals surface area contributed by atoms with Crippen LogP contribution in [0.4, 0.5) is 5.69 Å². The maximum atomic E-state index is 13.0. The summed E-state index contributed by atoms with van der Waals surface area (Å²) >= 11 is 1.50. The minimum absolute atomic E-state index is 0.177. The van der Waals surface area contributed by atoms with Crippen LogP contribution in [0.5, 0.6) is 0 Å². The van der Waals surface area contributed by atoms with Crippen LogP contribution in [0.2, 0.25) is 0 Å². The number of hydrogen-bond donors (Lipinski definition) is 2. The van der Waals surface area contributed by atoms with Gasteiger partial charge in [-0.2, -0.15) is 10.2 Å². The first-order chi connectivity index (χ1) is 16.7. The van der Waals surface area contributed by atoms with Crippen molar-refractivity contribution < 1.29 is 9.59 Å². The summed E-state index contributed by atoms with van der Waals surface area (Å²) in [6, 6.07) is 20.5. The van der Waals surface area contributed by atoms with E-state index in [9.17, 15) is 9.59 Å². The molecule has 2 N–H and O–H groups in total. The van der Waals surface area contributed by atoms with Gasteiger partial charge in [0.15, 0.2) is 0 Å². The molecule has 0 saturated heterocycles. The molecule has 0 aliphatic rings. The van der Waals surface area contributed by atoms with Crippen LogP contribution in [0, 0.1) is 0 Å². The fourth-order valence-electron chi connectivity index (χ4n) is 3.35. The van der Waals surface area contributed by atoms with E-state index in [0.29, 0.717) is 16.9 Å². The minimum atomic E-state index is -0.373. The van der Waals surface area contributed by atoms with Crippen LogP contribution in [0.3, 0.4) is 0 Å². The van der Waals surface area contributed by atoms with Crippen molar-refractivity contribution in [2.45, 2.75) is 0 Å². The lowest BCUT2D eigenvalue weighted by molar-refractivity contribution is -0.115. The molecule has 168 valence electrons. The smallest absolute Gasteiger partial charge is 0.255 e. The average Bonchev–Trinajstić information content (AvgIpc) is 3.65. The van der Waals surface area contributed by atoms with Crippen molar-refractivity contribution in [2.75, 3.05) is 11.9 Å². The van der Waals surface area contributed by atoms with Crippen molar-refractivity contribution in [1.82, 2.24) is 29.9 Å². The number of anilines is 1.